The number of carbonyl (C=O) groups excluding carboxylic acids is 1. The smallest absolute Gasteiger partial charge is 0.332 e. The van der Waals surface area contributed by atoms with Gasteiger partial charge in [-0.1, -0.05) is 42.5 Å². The predicted molar refractivity (Wildman–Crippen MR) is 116 cm³/mol. The molecule has 3 aromatic rings. The average molecular weight is 448 g/mol. The fourth-order valence-electron chi connectivity index (χ4n) is 3.06. The molecule has 0 fully saturated rings. The van der Waals surface area contributed by atoms with Crippen LogP contribution in [-0.4, -0.2) is 47.9 Å². The standard InChI is InChI=1S/C23H24F3N3OS/c1-28(2)11-12-29(15-18-9-6-10-19(13-18)23(24,25)26)22(30)20-16-31-21(27-20)14-17-7-4-3-5-8-17/h3-10,13,16H,11-12,14-15H2,1-2H3. The van der Waals surface area contributed by atoms with Crippen molar-refractivity contribution in [3.8, 4) is 0 Å². The van der Waals surface area contributed by atoms with Gasteiger partial charge in [-0.25, -0.2) is 4.98 Å². The van der Waals surface area contributed by atoms with Crippen molar-refractivity contribution in [3.05, 3.63) is 87.4 Å². The highest BCUT2D eigenvalue weighted by molar-refractivity contribution is 7.09. The van der Waals surface area contributed by atoms with Gasteiger partial charge in [0.2, 0.25) is 0 Å². The number of thiazole rings is 1. The SMILES string of the molecule is CN(C)CCN(Cc1cccc(C(F)(F)F)c1)C(=O)c1csc(Cc2ccccc2)n1. The molecule has 0 spiro atoms. The predicted octanol–water partition coefficient (Wildman–Crippen LogP) is 4.96. The summed E-state index contributed by atoms with van der Waals surface area (Å²) in [6.45, 7) is 1.06. The number of amides is 1. The molecule has 31 heavy (non-hydrogen) atoms. The average Bonchev–Trinajstić information content (AvgIpc) is 3.19. The summed E-state index contributed by atoms with van der Waals surface area (Å²) in [6, 6.07) is 14.9. The van der Waals surface area contributed by atoms with Gasteiger partial charge in [0.25, 0.3) is 5.91 Å². The van der Waals surface area contributed by atoms with Crippen LogP contribution in [0.15, 0.2) is 60.0 Å². The number of hydrogen-bond donors (Lipinski definition) is 0. The molecule has 0 aliphatic carbocycles. The Labute approximate surface area is 184 Å². The summed E-state index contributed by atoms with van der Waals surface area (Å²) >= 11 is 1.41. The Bertz CT molecular complexity index is 1000. The van der Waals surface area contributed by atoms with E-state index in [2.05, 4.69) is 4.98 Å². The Morgan fingerprint density at radius 2 is 1.71 bits per heavy atom. The van der Waals surface area contributed by atoms with Gasteiger partial charge in [0, 0.05) is 31.4 Å². The molecule has 1 heterocycles. The third-order valence-electron chi connectivity index (χ3n) is 4.70. The summed E-state index contributed by atoms with van der Waals surface area (Å²) in [5.41, 5.74) is 1.14. The number of nitrogens with zero attached hydrogens (tertiary/aromatic N) is 3. The van der Waals surface area contributed by atoms with E-state index in [1.54, 1.807) is 16.3 Å². The largest absolute Gasteiger partial charge is 0.416 e. The summed E-state index contributed by atoms with van der Waals surface area (Å²) < 4.78 is 39.2. The molecular weight excluding hydrogens is 423 g/mol. The van der Waals surface area contributed by atoms with Crippen LogP contribution in [0.3, 0.4) is 0 Å². The second-order valence-electron chi connectivity index (χ2n) is 7.52. The zero-order valence-electron chi connectivity index (χ0n) is 17.4. The first-order chi connectivity index (χ1) is 14.7. The quantitative estimate of drug-likeness (QED) is 0.490. The van der Waals surface area contributed by atoms with Crippen molar-refractivity contribution in [1.82, 2.24) is 14.8 Å². The van der Waals surface area contributed by atoms with Gasteiger partial charge in [-0.2, -0.15) is 13.2 Å². The molecule has 4 nitrogen and oxygen atoms in total. The van der Waals surface area contributed by atoms with Crippen LogP contribution in [0.4, 0.5) is 13.2 Å². The van der Waals surface area contributed by atoms with Crippen molar-refractivity contribution in [3.63, 3.8) is 0 Å². The zero-order chi connectivity index (χ0) is 22.4. The number of benzene rings is 2. The van der Waals surface area contributed by atoms with E-state index >= 15 is 0 Å². The summed E-state index contributed by atoms with van der Waals surface area (Å²) in [5.74, 6) is -0.283. The molecule has 0 saturated carbocycles. The van der Waals surface area contributed by atoms with Crippen LogP contribution >= 0.6 is 11.3 Å². The Hall–Kier alpha value is -2.71. The van der Waals surface area contributed by atoms with Crippen LogP contribution in [0.25, 0.3) is 0 Å². The number of carbonyl (C=O) groups is 1. The number of likely N-dealkylation sites (N-methyl/N-ethyl adjacent to an activating group) is 1. The number of aromatic nitrogens is 1. The molecule has 0 bridgehead atoms. The number of hydrogen-bond acceptors (Lipinski definition) is 4. The minimum atomic E-state index is -4.42. The van der Waals surface area contributed by atoms with Gasteiger partial charge in [0.1, 0.15) is 5.69 Å². The maximum Gasteiger partial charge on any atom is 0.416 e. The molecule has 1 amide bonds. The van der Waals surface area contributed by atoms with Crippen molar-refractivity contribution >= 4 is 17.2 Å². The minimum absolute atomic E-state index is 0.0855. The van der Waals surface area contributed by atoms with Crippen LogP contribution < -0.4 is 0 Å². The molecular formula is C23H24F3N3OS. The van der Waals surface area contributed by atoms with Crippen LogP contribution in [-0.2, 0) is 19.1 Å². The normalized spacial score (nSPS) is 11.7. The fraction of sp³-hybridized carbons (Fsp3) is 0.304. The number of alkyl halides is 3. The highest BCUT2D eigenvalue weighted by Gasteiger charge is 2.30. The topological polar surface area (TPSA) is 36.4 Å². The van der Waals surface area contributed by atoms with Gasteiger partial charge in [0.05, 0.1) is 10.6 Å². The van der Waals surface area contributed by atoms with Crippen molar-refractivity contribution in [2.75, 3.05) is 27.2 Å². The van der Waals surface area contributed by atoms with Crippen LogP contribution in [0.2, 0.25) is 0 Å². The van der Waals surface area contributed by atoms with Gasteiger partial charge in [-0.05, 0) is 37.4 Å². The Morgan fingerprint density at radius 3 is 2.39 bits per heavy atom. The lowest BCUT2D eigenvalue weighted by Gasteiger charge is -2.24. The maximum atomic E-state index is 13.1. The number of rotatable bonds is 8. The molecule has 0 radical (unpaired) electrons. The van der Waals surface area contributed by atoms with E-state index in [4.69, 9.17) is 0 Å². The van der Waals surface area contributed by atoms with Gasteiger partial charge in [-0.15, -0.1) is 11.3 Å². The van der Waals surface area contributed by atoms with Gasteiger partial charge in [0.15, 0.2) is 0 Å². The maximum absolute atomic E-state index is 13.1. The van der Waals surface area contributed by atoms with Crippen molar-refractivity contribution in [2.24, 2.45) is 0 Å². The first-order valence-corrected chi connectivity index (χ1v) is 10.7. The van der Waals surface area contributed by atoms with E-state index in [0.29, 0.717) is 30.8 Å². The third kappa shape index (κ3) is 6.63. The lowest BCUT2D eigenvalue weighted by molar-refractivity contribution is -0.137. The minimum Gasteiger partial charge on any atom is -0.332 e. The van der Waals surface area contributed by atoms with Crippen molar-refractivity contribution < 1.29 is 18.0 Å². The number of halogens is 3. The van der Waals surface area contributed by atoms with E-state index in [1.807, 2.05) is 49.3 Å². The summed E-state index contributed by atoms with van der Waals surface area (Å²) in [5, 5.41) is 2.54. The van der Waals surface area contributed by atoms with E-state index in [1.165, 1.54) is 17.4 Å². The Morgan fingerprint density at radius 1 is 1.00 bits per heavy atom. The Balaban J connectivity index is 1.78. The van der Waals surface area contributed by atoms with Crippen LogP contribution in [0.5, 0.6) is 0 Å². The lowest BCUT2D eigenvalue weighted by Crippen LogP contribution is -2.36. The molecule has 1 aromatic heterocycles. The lowest BCUT2D eigenvalue weighted by atomic mass is 10.1. The molecule has 0 atom stereocenters. The molecule has 0 N–H and O–H groups in total. The molecule has 2 aromatic carbocycles. The van der Waals surface area contributed by atoms with Crippen LogP contribution in [0.1, 0.15) is 32.2 Å². The van der Waals surface area contributed by atoms with Gasteiger partial charge < -0.3 is 9.80 Å². The first kappa shape index (κ1) is 23.0. The van der Waals surface area contributed by atoms with E-state index < -0.39 is 11.7 Å². The second-order valence-corrected chi connectivity index (χ2v) is 8.46. The van der Waals surface area contributed by atoms with Gasteiger partial charge >= 0.3 is 6.18 Å². The molecule has 0 aliphatic rings. The third-order valence-corrected chi connectivity index (χ3v) is 5.55. The highest BCUT2D eigenvalue weighted by Crippen LogP contribution is 2.30. The van der Waals surface area contributed by atoms with E-state index in [9.17, 15) is 18.0 Å². The van der Waals surface area contributed by atoms with E-state index in [-0.39, 0.29) is 12.5 Å². The highest BCUT2D eigenvalue weighted by atomic mass is 32.1. The summed E-state index contributed by atoms with van der Waals surface area (Å²) in [4.78, 5) is 21.1. The first-order valence-electron chi connectivity index (χ1n) is 9.81. The molecule has 0 aliphatic heterocycles. The van der Waals surface area contributed by atoms with Crippen LogP contribution in [0, 0.1) is 0 Å². The molecule has 3 rings (SSSR count). The summed E-state index contributed by atoms with van der Waals surface area (Å²) in [7, 11) is 3.77. The zero-order valence-corrected chi connectivity index (χ0v) is 18.2. The second kappa shape index (κ2) is 10.1. The molecule has 164 valence electrons. The molecule has 0 saturated heterocycles. The fourth-order valence-corrected chi connectivity index (χ4v) is 3.86. The monoisotopic (exact) mass is 447 g/mol. The van der Waals surface area contributed by atoms with Crippen molar-refractivity contribution in [2.45, 2.75) is 19.1 Å². The Kier molecular flexibility index (Phi) is 7.46. The summed E-state index contributed by atoms with van der Waals surface area (Å²) in [6.07, 6.45) is -3.79. The molecule has 8 heteroatoms. The van der Waals surface area contributed by atoms with E-state index in [0.717, 1.165) is 22.7 Å². The van der Waals surface area contributed by atoms with Gasteiger partial charge in [-0.3, -0.25) is 4.79 Å². The molecule has 0 unspecified atom stereocenters. The van der Waals surface area contributed by atoms with Crippen molar-refractivity contribution in [1.29, 1.82) is 0 Å².